The van der Waals surface area contributed by atoms with Crippen molar-refractivity contribution in [3.8, 4) is 0 Å². The van der Waals surface area contributed by atoms with Gasteiger partial charge in [0, 0.05) is 37.0 Å². The van der Waals surface area contributed by atoms with Gasteiger partial charge in [0.25, 0.3) is 0 Å². The summed E-state index contributed by atoms with van der Waals surface area (Å²) in [4.78, 5) is 32.5. The van der Waals surface area contributed by atoms with Crippen LogP contribution in [-0.2, 0) is 9.59 Å². The van der Waals surface area contributed by atoms with Crippen molar-refractivity contribution in [1.82, 2.24) is 9.80 Å². The second-order valence-corrected chi connectivity index (χ2v) is 11.9. The molecule has 3 fully saturated rings. The van der Waals surface area contributed by atoms with Gasteiger partial charge in [-0.1, -0.05) is 79.1 Å². The van der Waals surface area contributed by atoms with Gasteiger partial charge in [0.1, 0.15) is 0 Å². The Morgan fingerprint density at radius 3 is 1.38 bits per heavy atom. The van der Waals surface area contributed by atoms with E-state index in [-0.39, 0.29) is 17.7 Å². The highest BCUT2D eigenvalue weighted by Gasteiger charge is 2.43. The molecule has 0 N–H and O–H groups in total. The third kappa shape index (κ3) is 6.73. The summed E-state index contributed by atoms with van der Waals surface area (Å²) in [5.74, 6) is 1.31. The standard InChI is InChI=1S/C28H50N2O2/c1-21(2)19-29(20-22(3)4)27(31)25-17-11-12-18-26(25)28(32)30(23-13-7-5-8-14-23)24-15-9-6-10-16-24/h21-26H,5-20H2,1-4H3/t25-,26+/m1/s1. The smallest absolute Gasteiger partial charge is 0.226 e. The summed E-state index contributed by atoms with van der Waals surface area (Å²) in [6, 6.07) is 0.832. The number of rotatable bonds is 8. The Labute approximate surface area is 197 Å². The summed E-state index contributed by atoms with van der Waals surface area (Å²) in [6.45, 7) is 10.4. The number of carbonyl (C=O) groups is 2. The Hall–Kier alpha value is -1.06. The molecule has 2 atom stereocenters. The predicted octanol–water partition coefficient (Wildman–Crippen LogP) is 6.43. The molecule has 0 aromatic rings. The molecule has 3 rings (SSSR count). The minimum atomic E-state index is -0.108. The van der Waals surface area contributed by atoms with Gasteiger partial charge in [0.15, 0.2) is 0 Å². The molecule has 0 heterocycles. The number of carbonyl (C=O) groups excluding carboxylic acids is 2. The minimum Gasteiger partial charge on any atom is -0.342 e. The molecule has 0 unspecified atom stereocenters. The van der Waals surface area contributed by atoms with E-state index in [9.17, 15) is 9.59 Å². The lowest BCUT2D eigenvalue weighted by atomic mass is 9.76. The maximum absolute atomic E-state index is 14.2. The zero-order valence-electron chi connectivity index (χ0n) is 21.5. The summed E-state index contributed by atoms with van der Waals surface area (Å²) < 4.78 is 0. The van der Waals surface area contributed by atoms with Crippen LogP contribution in [0.5, 0.6) is 0 Å². The topological polar surface area (TPSA) is 40.6 Å². The molecule has 0 spiro atoms. The van der Waals surface area contributed by atoms with E-state index in [4.69, 9.17) is 0 Å². The van der Waals surface area contributed by atoms with Crippen LogP contribution < -0.4 is 0 Å². The van der Waals surface area contributed by atoms with Crippen molar-refractivity contribution in [2.45, 2.75) is 130 Å². The fourth-order valence-corrected chi connectivity index (χ4v) is 6.66. The Morgan fingerprint density at radius 1 is 0.594 bits per heavy atom. The number of nitrogens with zero attached hydrogens (tertiary/aromatic N) is 2. The van der Waals surface area contributed by atoms with Crippen LogP contribution in [0.2, 0.25) is 0 Å². The van der Waals surface area contributed by atoms with Gasteiger partial charge >= 0.3 is 0 Å². The molecule has 3 aliphatic rings. The largest absolute Gasteiger partial charge is 0.342 e. The highest BCUT2D eigenvalue weighted by molar-refractivity contribution is 5.88. The number of amides is 2. The van der Waals surface area contributed by atoms with E-state index >= 15 is 0 Å². The maximum atomic E-state index is 14.2. The first-order chi connectivity index (χ1) is 15.4. The van der Waals surface area contributed by atoms with Gasteiger partial charge in [-0.3, -0.25) is 9.59 Å². The van der Waals surface area contributed by atoms with Crippen LogP contribution >= 0.6 is 0 Å². The van der Waals surface area contributed by atoms with Crippen molar-refractivity contribution < 1.29 is 9.59 Å². The summed E-state index contributed by atoms with van der Waals surface area (Å²) >= 11 is 0. The molecular formula is C28H50N2O2. The van der Waals surface area contributed by atoms with Crippen LogP contribution in [0.1, 0.15) is 118 Å². The lowest BCUT2D eigenvalue weighted by Crippen LogP contribution is -2.54. The summed E-state index contributed by atoms with van der Waals surface area (Å²) in [5.41, 5.74) is 0. The Balaban J connectivity index is 1.81. The first-order valence-corrected chi connectivity index (χ1v) is 14.0. The van der Waals surface area contributed by atoms with E-state index in [1.165, 1.54) is 64.2 Å². The lowest BCUT2D eigenvalue weighted by molar-refractivity contribution is -0.153. The molecule has 3 saturated carbocycles. The Bertz CT molecular complexity index is 562. The van der Waals surface area contributed by atoms with Crippen LogP contribution in [0.15, 0.2) is 0 Å². The Morgan fingerprint density at radius 2 is 0.969 bits per heavy atom. The molecule has 32 heavy (non-hydrogen) atoms. The second-order valence-electron chi connectivity index (χ2n) is 11.9. The molecule has 0 bridgehead atoms. The van der Waals surface area contributed by atoms with Crippen molar-refractivity contribution in [2.24, 2.45) is 23.7 Å². The van der Waals surface area contributed by atoms with Gasteiger partial charge in [0.2, 0.25) is 11.8 Å². The minimum absolute atomic E-state index is 0.0954. The zero-order chi connectivity index (χ0) is 23.1. The van der Waals surface area contributed by atoms with E-state index in [2.05, 4.69) is 37.5 Å². The van der Waals surface area contributed by atoms with Crippen LogP contribution in [0, 0.1) is 23.7 Å². The third-order valence-electron chi connectivity index (χ3n) is 8.07. The molecular weight excluding hydrogens is 396 g/mol. The first-order valence-electron chi connectivity index (χ1n) is 14.0. The monoisotopic (exact) mass is 446 g/mol. The van der Waals surface area contributed by atoms with Gasteiger partial charge in [-0.05, 0) is 50.4 Å². The quantitative estimate of drug-likeness (QED) is 0.431. The van der Waals surface area contributed by atoms with Gasteiger partial charge in [0.05, 0.1) is 0 Å². The molecule has 0 radical (unpaired) electrons. The maximum Gasteiger partial charge on any atom is 0.226 e. The molecule has 184 valence electrons. The SMILES string of the molecule is CC(C)CN(CC(C)C)C(=O)[C@@H]1CCCC[C@@H]1C(=O)N(C1CCCCC1)C1CCCCC1. The molecule has 4 nitrogen and oxygen atoms in total. The van der Waals surface area contributed by atoms with Crippen LogP contribution in [-0.4, -0.2) is 46.8 Å². The Kier molecular flexibility index (Phi) is 9.92. The zero-order valence-corrected chi connectivity index (χ0v) is 21.5. The predicted molar refractivity (Wildman–Crippen MR) is 132 cm³/mol. The molecule has 0 aliphatic heterocycles. The first kappa shape index (κ1) is 25.6. The van der Waals surface area contributed by atoms with Crippen LogP contribution in [0.4, 0.5) is 0 Å². The van der Waals surface area contributed by atoms with Gasteiger partial charge < -0.3 is 9.80 Å². The van der Waals surface area contributed by atoms with Crippen molar-refractivity contribution in [1.29, 1.82) is 0 Å². The van der Waals surface area contributed by atoms with Gasteiger partial charge in [-0.25, -0.2) is 0 Å². The van der Waals surface area contributed by atoms with Crippen molar-refractivity contribution in [3.05, 3.63) is 0 Å². The molecule has 3 aliphatic carbocycles. The molecule has 2 amide bonds. The molecule has 0 saturated heterocycles. The molecule has 4 heteroatoms. The van der Waals surface area contributed by atoms with Crippen molar-refractivity contribution in [2.75, 3.05) is 13.1 Å². The van der Waals surface area contributed by atoms with Gasteiger partial charge in [-0.15, -0.1) is 0 Å². The highest BCUT2D eigenvalue weighted by atomic mass is 16.2. The number of hydrogen-bond donors (Lipinski definition) is 0. The fourth-order valence-electron chi connectivity index (χ4n) is 6.66. The molecule has 0 aromatic heterocycles. The van der Waals surface area contributed by atoms with Crippen molar-refractivity contribution >= 4 is 11.8 Å². The summed E-state index contributed by atoms with van der Waals surface area (Å²) in [7, 11) is 0. The van der Waals surface area contributed by atoms with E-state index in [1.54, 1.807) is 0 Å². The van der Waals surface area contributed by atoms with Crippen LogP contribution in [0.25, 0.3) is 0 Å². The lowest BCUT2D eigenvalue weighted by Gasteiger charge is -2.45. The van der Waals surface area contributed by atoms with E-state index in [1.807, 2.05) is 0 Å². The normalized spacial score (nSPS) is 25.8. The summed E-state index contributed by atoms with van der Waals surface area (Å²) in [5, 5.41) is 0. The third-order valence-corrected chi connectivity index (χ3v) is 8.07. The summed E-state index contributed by atoms with van der Waals surface area (Å²) in [6.07, 6.45) is 16.3. The fraction of sp³-hybridized carbons (Fsp3) is 0.929. The second kappa shape index (κ2) is 12.4. The average molecular weight is 447 g/mol. The van der Waals surface area contributed by atoms with E-state index in [0.717, 1.165) is 38.8 Å². The molecule has 0 aromatic carbocycles. The average Bonchev–Trinajstić information content (AvgIpc) is 2.79. The van der Waals surface area contributed by atoms with Crippen molar-refractivity contribution in [3.63, 3.8) is 0 Å². The van der Waals surface area contributed by atoms with Crippen LogP contribution in [0.3, 0.4) is 0 Å². The van der Waals surface area contributed by atoms with Gasteiger partial charge in [-0.2, -0.15) is 0 Å². The highest BCUT2D eigenvalue weighted by Crippen LogP contribution is 2.38. The van der Waals surface area contributed by atoms with E-state index < -0.39 is 0 Å². The number of hydrogen-bond acceptors (Lipinski definition) is 2. The van der Waals surface area contributed by atoms with E-state index in [0.29, 0.717) is 29.8 Å².